The van der Waals surface area contributed by atoms with Crippen LogP contribution in [0.15, 0.2) is 41.2 Å². The largest absolute Gasteiger partial charge is 0.342 e. The number of rotatable bonds is 6. The number of benzene rings is 2. The Morgan fingerprint density at radius 3 is 2.26 bits per heavy atom. The van der Waals surface area contributed by atoms with Gasteiger partial charge in [-0.3, -0.25) is 14.4 Å². The fraction of sp³-hybridized carbons (Fsp3) is 0.333. The second-order valence-corrected chi connectivity index (χ2v) is 8.28. The zero-order valence-electron chi connectivity index (χ0n) is 18.6. The number of fused-ring (bicyclic) bond motifs is 1. The molecular formula is C24H28N4O3. The van der Waals surface area contributed by atoms with E-state index >= 15 is 0 Å². The number of nitrogens with zero attached hydrogens (tertiary/aromatic N) is 2. The Labute approximate surface area is 181 Å². The quantitative estimate of drug-likeness (QED) is 0.640. The van der Waals surface area contributed by atoms with E-state index in [2.05, 4.69) is 15.7 Å². The van der Waals surface area contributed by atoms with Gasteiger partial charge in [-0.15, -0.1) is 0 Å². The fourth-order valence-corrected chi connectivity index (χ4v) is 3.68. The van der Waals surface area contributed by atoms with Crippen molar-refractivity contribution in [3.05, 3.63) is 69.1 Å². The molecule has 0 aliphatic carbocycles. The van der Waals surface area contributed by atoms with E-state index in [1.165, 1.54) is 4.68 Å². The van der Waals surface area contributed by atoms with Crippen LogP contribution in [0.4, 0.5) is 5.69 Å². The van der Waals surface area contributed by atoms with Crippen molar-refractivity contribution in [2.75, 3.05) is 11.9 Å². The predicted octanol–water partition coefficient (Wildman–Crippen LogP) is 3.35. The molecule has 7 heteroatoms. The van der Waals surface area contributed by atoms with Crippen LogP contribution >= 0.6 is 0 Å². The van der Waals surface area contributed by atoms with Crippen molar-refractivity contribution >= 4 is 28.3 Å². The van der Waals surface area contributed by atoms with Gasteiger partial charge in [-0.25, -0.2) is 4.68 Å². The Kier molecular flexibility index (Phi) is 6.53. The standard InChI is InChI=1S/C24H28N4O3/c1-14(2)13-28-24(31)19-9-7-6-8-18(19)22(27-28)23(30)25-12-20(29)26-21-16(4)10-15(3)11-17(21)5/h6-11,14H,12-13H2,1-5H3,(H,25,30)(H,26,29). The molecule has 0 unspecified atom stereocenters. The summed E-state index contributed by atoms with van der Waals surface area (Å²) in [7, 11) is 0. The highest BCUT2D eigenvalue weighted by Crippen LogP contribution is 2.21. The van der Waals surface area contributed by atoms with Gasteiger partial charge < -0.3 is 10.6 Å². The minimum atomic E-state index is -0.499. The molecule has 0 saturated heterocycles. The molecule has 0 fully saturated rings. The lowest BCUT2D eigenvalue weighted by atomic mass is 10.1. The number of hydrogen-bond donors (Lipinski definition) is 2. The molecule has 2 N–H and O–H groups in total. The summed E-state index contributed by atoms with van der Waals surface area (Å²) in [5.41, 5.74) is 3.70. The molecule has 1 aromatic heterocycles. The number of nitrogens with one attached hydrogen (secondary N) is 2. The van der Waals surface area contributed by atoms with Gasteiger partial charge in [0.15, 0.2) is 5.69 Å². The molecule has 0 aliphatic heterocycles. The lowest BCUT2D eigenvalue weighted by Gasteiger charge is -2.14. The number of aryl methyl sites for hydroxylation is 3. The van der Waals surface area contributed by atoms with E-state index in [4.69, 9.17) is 0 Å². The summed E-state index contributed by atoms with van der Waals surface area (Å²) in [6.07, 6.45) is 0. The maximum absolute atomic E-state index is 12.9. The highest BCUT2D eigenvalue weighted by Gasteiger charge is 2.18. The van der Waals surface area contributed by atoms with E-state index in [1.54, 1.807) is 24.3 Å². The molecule has 0 bridgehead atoms. The second kappa shape index (κ2) is 9.12. The van der Waals surface area contributed by atoms with Gasteiger partial charge in [-0.05, 0) is 43.9 Å². The molecule has 162 valence electrons. The van der Waals surface area contributed by atoms with Gasteiger partial charge in [0.2, 0.25) is 5.91 Å². The van der Waals surface area contributed by atoms with E-state index in [1.807, 2.05) is 46.8 Å². The van der Waals surface area contributed by atoms with Crippen LogP contribution in [0.3, 0.4) is 0 Å². The first-order valence-electron chi connectivity index (χ1n) is 10.3. The predicted molar refractivity (Wildman–Crippen MR) is 122 cm³/mol. The monoisotopic (exact) mass is 420 g/mol. The molecule has 0 saturated carbocycles. The van der Waals surface area contributed by atoms with Crippen LogP contribution in [0.5, 0.6) is 0 Å². The first-order valence-corrected chi connectivity index (χ1v) is 10.3. The third-order valence-corrected chi connectivity index (χ3v) is 4.97. The maximum atomic E-state index is 12.9. The summed E-state index contributed by atoms with van der Waals surface area (Å²) in [5, 5.41) is 10.7. The Balaban J connectivity index is 1.81. The third kappa shape index (κ3) is 4.99. The first kappa shape index (κ1) is 22.2. The fourth-order valence-electron chi connectivity index (χ4n) is 3.68. The van der Waals surface area contributed by atoms with Crippen molar-refractivity contribution in [3.63, 3.8) is 0 Å². The molecule has 0 radical (unpaired) electrons. The van der Waals surface area contributed by atoms with Gasteiger partial charge in [0.25, 0.3) is 11.5 Å². The Hall–Kier alpha value is -3.48. The highest BCUT2D eigenvalue weighted by molar-refractivity contribution is 6.06. The van der Waals surface area contributed by atoms with Crippen molar-refractivity contribution < 1.29 is 9.59 Å². The normalized spacial score (nSPS) is 11.0. The number of anilines is 1. The van der Waals surface area contributed by atoms with E-state index in [9.17, 15) is 14.4 Å². The number of carbonyl (C=O) groups is 2. The summed E-state index contributed by atoms with van der Waals surface area (Å²) in [6.45, 7) is 10.0. The van der Waals surface area contributed by atoms with Crippen molar-refractivity contribution in [1.82, 2.24) is 15.1 Å². The Morgan fingerprint density at radius 2 is 1.65 bits per heavy atom. The number of amides is 2. The molecule has 2 amide bonds. The summed E-state index contributed by atoms with van der Waals surface area (Å²) in [4.78, 5) is 38.0. The molecule has 31 heavy (non-hydrogen) atoms. The van der Waals surface area contributed by atoms with Gasteiger partial charge in [-0.2, -0.15) is 5.10 Å². The first-order chi connectivity index (χ1) is 14.7. The van der Waals surface area contributed by atoms with Crippen LogP contribution in [0.25, 0.3) is 10.8 Å². The van der Waals surface area contributed by atoms with Crippen LogP contribution in [-0.2, 0) is 11.3 Å². The smallest absolute Gasteiger partial charge is 0.274 e. The van der Waals surface area contributed by atoms with Crippen LogP contribution in [0.2, 0.25) is 0 Å². The van der Waals surface area contributed by atoms with Gasteiger partial charge in [-0.1, -0.05) is 49.7 Å². The maximum Gasteiger partial charge on any atom is 0.274 e. The number of aromatic nitrogens is 2. The molecule has 2 aromatic carbocycles. The van der Waals surface area contributed by atoms with E-state index in [-0.39, 0.29) is 29.6 Å². The van der Waals surface area contributed by atoms with Gasteiger partial charge in [0.05, 0.1) is 11.9 Å². The van der Waals surface area contributed by atoms with Gasteiger partial charge >= 0.3 is 0 Å². The van der Waals surface area contributed by atoms with Crippen molar-refractivity contribution in [2.45, 2.75) is 41.2 Å². The van der Waals surface area contributed by atoms with Gasteiger partial charge in [0, 0.05) is 17.6 Å². The lowest BCUT2D eigenvalue weighted by Crippen LogP contribution is -2.36. The molecule has 0 spiro atoms. The topological polar surface area (TPSA) is 93.1 Å². The summed E-state index contributed by atoms with van der Waals surface area (Å²) >= 11 is 0. The van der Waals surface area contributed by atoms with Crippen LogP contribution in [0.1, 0.15) is 41.0 Å². The highest BCUT2D eigenvalue weighted by atomic mass is 16.2. The van der Waals surface area contributed by atoms with Crippen molar-refractivity contribution in [1.29, 1.82) is 0 Å². The van der Waals surface area contributed by atoms with Crippen LogP contribution < -0.4 is 16.2 Å². The Morgan fingerprint density at radius 1 is 1.03 bits per heavy atom. The van der Waals surface area contributed by atoms with Crippen LogP contribution in [0, 0.1) is 26.7 Å². The van der Waals surface area contributed by atoms with E-state index < -0.39 is 5.91 Å². The summed E-state index contributed by atoms with van der Waals surface area (Å²) in [5.74, 6) is -0.640. The number of hydrogen-bond acceptors (Lipinski definition) is 4. The lowest BCUT2D eigenvalue weighted by molar-refractivity contribution is -0.115. The molecule has 0 aliphatic rings. The molecule has 1 heterocycles. The van der Waals surface area contributed by atoms with E-state index in [0.29, 0.717) is 17.3 Å². The second-order valence-electron chi connectivity index (χ2n) is 8.28. The minimum absolute atomic E-state index is 0.131. The van der Waals surface area contributed by atoms with E-state index in [0.717, 1.165) is 22.4 Å². The average molecular weight is 421 g/mol. The molecule has 3 aromatic rings. The summed E-state index contributed by atoms with van der Waals surface area (Å²) in [6, 6.07) is 10.9. The van der Waals surface area contributed by atoms with Crippen molar-refractivity contribution in [2.24, 2.45) is 5.92 Å². The molecule has 7 nitrogen and oxygen atoms in total. The molecule has 0 atom stereocenters. The Bertz CT molecular complexity index is 1190. The SMILES string of the molecule is Cc1cc(C)c(NC(=O)CNC(=O)c2nn(CC(C)C)c(=O)c3ccccc23)c(C)c1. The van der Waals surface area contributed by atoms with Crippen molar-refractivity contribution in [3.8, 4) is 0 Å². The zero-order chi connectivity index (χ0) is 22.7. The average Bonchev–Trinajstić information content (AvgIpc) is 2.70. The summed E-state index contributed by atoms with van der Waals surface area (Å²) < 4.78 is 1.32. The number of carbonyl (C=O) groups excluding carboxylic acids is 2. The zero-order valence-corrected chi connectivity index (χ0v) is 18.6. The molecule has 3 rings (SSSR count). The minimum Gasteiger partial charge on any atom is -0.342 e. The van der Waals surface area contributed by atoms with Gasteiger partial charge in [0.1, 0.15) is 0 Å². The molecular weight excluding hydrogens is 392 g/mol. The van der Waals surface area contributed by atoms with Crippen LogP contribution in [-0.4, -0.2) is 28.1 Å². The third-order valence-electron chi connectivity index (χ3n) is 4.97.